The van der Waals surface area contributed by atoms with Crippen molar-refractivity contribution in [2.45, 2.75) is 52.2 Å². The Morgan fingerprint density at radius 3 is 2.79 bits per heavy atom. The van der Waals surface area contributed by atoms with Crippen molar-refractivity contribution in [3.05, 3.63) is 58.5 Å². The number of carbonyl (C=O) groups is 1. The van der Waals surface area contributed by atoms with Crippen molar-refractivity contribution in [3.8, 4) is 0 Å². The number of pyridine rings is 1. The summed E-state index contributed by atoms with van der Waals surface area (Å²) >= 11 is 0. The first-order valence-electron chi connectivity index (χ1n) is 10.4. The number of benzene rings is 1. The van der Waals surface area contributed by atoms with Crippen LogP contribution in [-0.2, 0) is 26.1 Å². The van der Waals surface area contributed by atoms with E-state index >= 15 is 0 Å². The third kappa shape index (κ3) is 4.32. The van der Waals surface area contributed by atoms with E-state index in [1.807, 2.05) is 25.1 Å². The Labute approximate surface area is 172 Å². The van der Waals surface area contributed by atoms with Crippen molar-refractivity contribution in [1.29, 1.82) is 0 Å². The smallest absolute Gasteiger partial charge is 0.253 e. The second-order valence-corrected chi connectivity index (χ2v) is 8.21. The molecule has 152 valence electrons. The molecular formula is C23H29N5O. The molecule has 1 aliphatic heterocycles. The molecule has 0 radical (unpaired) electrons. The minimum Gasteiger partial charge on any atom is -0.348 e. The van der Waals surface area contributed by atoms with E-state index in [1.54, 1.807) is 0 Å². The van der Waals surface area contributed by atoms with E-state index in [1.165, 1.54) is 12.0 Å². The lowest BCUT2D eigenvalue weighted by molar-refractivity contribution is 0.0952. The van der Waals surface area contributed by atoms with Crippen LogP contribution in [0.3, 0.4) is 0 Å². The van der Waals surface area contributed by atoms with E-state index in [0.29, 0.717) is 12.1 Å². The predicted molar refractivity (Wildman–Crippen MR) is 115 cm³/mol. The highest BCUT2D eigenvalue weighted by atomic mass is 16.1. The average molecular weight is 392 g/mol. The molecule has 0 saturated carbocycles. The van der Waals surface area contributed by atoms with Gasteiger partial charge >= 0.3 is 0 Å². The number of hydrogen-bond acceptors (Lipinski definition) is 4. The van der Waals surface area contributed by atoms with Crippen LogP contribution in [0.5, 0.6) is 0 Å². The minimum absolute atomic E-state index is 0.0910. The highest BCUT2D eigenvalue weighted by molar-refractivity contribution is 6.04. The summed E-state index contributed by atoms with van der Waals surface area (Å²) in [6, 6.07) is 10.2. The fraction of sp³-hybridized carbons (Fsp3) is 0.435. The van der Waals surface area contributed by atoms with Crippen LogP contribution in [0, 0.1) is 6.92 Å². The van der Waals surface area contributed by atoms with E-state index in [0.717, 1.165) is 60.6 Å². The second-order valence-electron chi connectivity index (χ2n) is 8.21. The highest BCUT2D eigenvalue weighted by Gasteiger charge is 2.20. The van der Waals surface area contributed by atoms with Gasteiger partial charge in [-0.25, -0.2) is 9.97 Å². The molecular weight excluding hydrogens is 362 g/mol. The van der Waals surface area contributed by atoms with E-state index in [-0.39, 0.29) is 5.91 Å². The Hall–Kier alpha value is -2.73. The zero-order chi connectivity index (χ0) is 20.4. The number of imidazole rings is 1. The third-order valence-corrected chi connectivity index (χ3v) is 5.38. The van der Waals surface area contributed by atoms with Gasteiger partial charge in [-0.15, -0.1) is 0 Å². The summed E-state index contributed by atoms with van der Waals surface area (Å²) in [6.07, 6.45) is 4.46. The van der Waals surface area contributed by atoms with Gasteiger partial charge in [0.1, 0.15) is 11.3 Å². The fourth-order valence-corrected chi connectivity index (χ4v) is 4.07. The summed E-state index contributed by atoms with van der Waals surface area (Å²) in [5.74, 6) is 0.966. The molecule has 4 rings (SSSR count). The van der Waals surface area contributed by atoms with E-state index in [4.69, 9.17) is 9.97 Å². The molecule has 1 amide bonds. The van der Waals surface area contributed by atoms with Crippen molar-refractivity contribution >= 4 is 17.1 Å². The molecule has 29 heavy (non-hydrogen) atoms. The number of fused-ring (bicyclic) bond motifs is 3. The number of carbonyl (C=O) groups excluding carboxylic acids is 1. The molecule has 1 aromatic carbocycles. The van der Waals surface area contributed by atoms with Gasteiger partial charge in [0.25, 0.3) is 5.91 Å². The molecule has 0 fully saturated rings. The maximum absolute atomic E-state index is 13.0. The molecule has 0 aliphatic carbocycles. The first-order valence-corrected chi connectivity index (χ1v) is 10.4. The summed E-state index contributed by atoms with van der Waals surface area (Å²) in [5, 5.41) is 3.08. The van der Waals surface area contributed by atoms with Gasteiger partial charge in [-0.05, 0) is 51.1 Å². The highest BCUT2D eigenvalue weighted by Crippen LogP contribution is 2.24. The van der Waals surface area contributed by atoms with E-state index < -0.39 is 0 Å². The number of aromatic nitrogens is 3. The molecule has 1 N–H and O–H groups in total. The van der Waals surface area contributed by atoms with Gasteiger partial charge in [0.15, 0.2) is 5.65 Å². The molecule has 0 bridgehead atoms. The molecule has 6 heteroatoms. The molecule has 0 spiro atoms. The lowest BCUT2D eigenvalue weighted by Crippen LogP contribution is -2.23. The van der Waals surface area contributed by atoms with Crippen molar-refractivity contribution < 1.29 is 4.79 Å². The number of rotatable bonds is 5. The molecule has 2 aromatic heterocycles. The number of nitrogens with one attached hydrogen (secondary N) is 1. The molecule has 1 aliphatic rings. The summed E-state index contributed by atoms with van der Waals surface area (Å²) in [6.45, 7) is 4.25. The first kappa shape index (κ1) is 19.6. The standard InChI is InChI=1S/C23H29N5O/c1-16-12-19(21-22(25-16)28-11-6-4-5-10-20(28)26-21)23(29)24-14-17-8-7-9-18(13-17)15-27(2)3/h7-9,12-13H,4-6,10-11,14-15H2,1-3H3,(H,24,29). The molecule has 3 heterocycles. The van der Waals surface area contributed by atoms with Gasteiger partial charge < -0.3 is 14.8 Å². The Balaban J connectivity index is 1.57. The van der Waals surface area contributed by atoms with Crippen LogP contribution < -0.4 is 5.32 Å². The molecule has 6 nitrogen and oxygen atoms in total. The van der Waals surface area contributed by atoms with Crippen LogP contribution >= 0.6 is 0 Å². The maximum Gasteiger partial charge on any atom is 0.253 e. The number of hydrogen-bond donors (Lipinski definition) is 1. The Morgan fingerprint density at radius 1 is 1.14 bits per heavy atom. The summed E-state index contributed by atoms with van der Waals surface area (Å²) in [4.78, 5) is 24.7. The molecule has 3 aromatic rings. The molecule has 0 atom stereocenters. The van der Waals surface area contributed by atoms with Crippen LogP contribution in [0.2, 0.25) is 0 Å². The topological polar surface area (TPSA) is 63.1 Å². The van der Waals surface area contributed by atoms with E-state index in [9.17, 15) is 4.79 Å². The lowest BCUT2D eigenvalue weighted by Gasteiger charge is -2.12. The SMILES string of the molecule is Cc1cc(C(=O)NCc2cccc(CN(C)C)c2)c2nc3n(c2n1)CCCCC3. The Bertz CT molecular complexity index is 1040. The number of aryl methyl sites for hydroxylation is 3. The van der Waals surface area contributed by atoms with Crippen molar-refractivity contribution in [3.63, 3.8) is 0 Å². The van der Waals surface area contributed by atoms with Crippen LogP contribution in [0.15, 0.2) is 30.3 Å². The number of amides is 1. The Morgan fingerprint density at radius 2 is 1.97 bits per heavy atom. The van der Waals surface area contributed by atoms with E-state index in [2.05, 4.69) is 41.0 Å². The maximum atomic E-state index is 13.0. The largest absolute Gasteiger partial charge is 0.348 e. The first-order chi connectivity index (χ1) is 14.0. The average Bonchev–Trinajstić information content (AvgIpc) is 2.86. The van der Waals surface area contributed by atoms with Crippen molar-refractivity contribution in [2.75, 3.05) is 14.1 Å². The summed E-state index contributed by atoms with van der Waals surface area (Å²) < 4.78 is 2.21. The molecule has 0 unspecified atom stereocenters. The normalized spacial score (nSPS) is 14.1. The zero-order valence-electron chi connectivity index (χ0n) is 17.5. The number of nitrogens with zero attached hydrogens (tertiary/aromatic N) is 4. The van der Waals surface area contributed by atoms with Crippen LogP contribution in [0.1, 0.15) is 52.3 Å². The third-order valence-electron chi connectivity index (χ3n) is 5.38. The van der Waals surface area contributed by atoms with Crippen LogP contribution in [0.25, 0.3) is 11.2 Å². The van der Waals surface area contributed by atoms with Gasteiger partial charge in [-0.1, -0.05) is 30.7 Å². The van der Waals surface area contributed by atoms with Crippen molar-refractivity contribution in [1.82, 2.24) is 24.8 Å². The van der Waals surface area contributed by atoms with Crippen LogP contribution in [-0.4, -0.2) is 39.4 Å². The van der Waals surface area contributed by atoms with Gasteiger partial charge in [0.2, 0.25) is 0 Å². The summed E-state index contributed by atoms with van der Waals surface area (Å²) in [7, 11) is 4.11. The van der Waals surface area contributed by atoms with Gasteiger partial charge in [0, 0.05) is 31.7 Å². The lowest BCUT2D eigenvalue weighted by atomic mass is 10.1. The monoisotopic (exact) mass is 391 g/mol. The Kier molecular flexibility index (Phi) is 5.62. The summed E-state index contributed by atoms with van der Waals surface area (Å²) in [5.41, 5.74) is 5.38. The quantitative estimate of drug-likeness (QED) is 0.724. The van der Waals surface area contributed by atoms with Gasteiger partial charge in [0.05, 0.1) is 5.56 Å². The zero-order valence-corrected chi connectivity index (χ0v) is 17.5. The van der Waals surface area contributed by atoms with Gasteiger partial charge in [-0.2, -0.15) is 0 Å². The predicted octanol–water partition coefficient (Wildman–Crippen LogP) is 3.46. The second kappa shape index (κ2) is 8.33. The van der Waals surface area contributed by atoms with Gasteiger partial charge in [-0.3, -0.25) is 4.79 Å². The van der Waals surface area contributed by atoms with Crippen molar-refractivity contribution in [2.24, 2.45) is 0 Å². The molecule has 0 saturated heterocycles. The minimum atomic E-state index is -0.0910. The van der Waals surface area contributed by atoms with Crippen LogP contribution in [0.4, 0.5) is 0 Å². The fourth-order valence-electron chi connectivity index (χ4n) is 4.07.